The van der Waals surface area contributed by atoms with E-state index in [1.54, 1.807) is 0 Å². The molecular formula is C12H16FNO2S. The number of halogens is 1. The zero-order valence-electron chi connectivity index (χ0n) is 9.81. The molecule has 17 heavy (non-hydrogen) atoms. The number of aliphatic hydroxyl groups is 1. The smallest absolute Gasteiger partial charge is 0.251 e. The average molecular weight is 257 g/mol. The van der Waals surface area contributed by atoms with Crippen molar-refractivity contribution in [2.45, 2.75) is 18.2 Å². The number of hydrogen-bond acceptors (Lipinski definition) is 3. The topological polar surface area (TPSA) is 49.3 Å². The second-order valence-corrected chi connectivity index (χ2v) is 4.80. The second kappa shape index (κ2) is 6.61. The van der Waals surface area contributed by atoms with Crippen LogP contribution in [0.5, 0.6) is 0 Å². The summed E-state index contributed by atoms with van der Waals surface area (Å²) in [6, 6.07) is 5.22. The summed E-state index contributed by atoms with van der Waals surface area (Å²) in [6.45, 7) is 1.84. The van der Waals surface area contributed by atoms with Crippen molar-refractivity contribution >= 4 is 17.7 Å². The molecule has 2 unspecified atom stereocenters. The van der Waals surface area contributed by atoms with E-state index in [9.17, 15) is 9.18 Å². The number of rotatable bonds is 5. The van der Waals surface area contributed by atoms with Gasteiger partial charge in [0.1, 0.15) is 5.82 Å². The lowest BCUT2D eigenvalue weighted by molar-refractivity contribution is 0.0936. The maximum atomic E-state index is 12.7. The highest BCUT2D eigenvalue weighted by atomic mass is 32.2. The number of benzene rings is 1. The van der Waals surface area contributed by atoms with Crippen molar-refractivity contribution in [1.29, 1.82) is 0 Å². The number of thioether (sulfide) groups is 1. The summed E-state index contributed by atoms with van der Waals surface area (Å²) in [5.74, 6) is -0.628. The molecule has 1 rings (SSSR count). The van der Waals surface area contributed by atoms with E-state index in [2.05, 4.69) is 5.32 Å². The van der Waals surface area contributed by atoms with Gasteiger partial charge in [0.2, 0.25) is 0 Å². The van der Waals surface area contributed by atoms with E-state index in [0.717, 1.165) is 0 Å². The van der Waals surface area contributed by atoms with Crippen molar-refractivity contribution in [2.24, 2.45) is 0 Å². The average Bonchev–Trinajstić information content (AvgIpc) is 2.31. The maximum Gasteiger partial charge on any atom is 0.251 e. The van der Waals surface area contributed by atoms with E-state index >= 15 is 0 Å². The standard InChI is InChI=1S/C12H16FNO2S/c1-8(11(7-15)17-2)14-12(16)9-3-5-10(13)6-4-9/h3-6,8,11,15H,7H2,1-2H3,(H,14,16). The van der Waals surface area contributed by atoms with Crippen molar-refractivity contribution in [3.8, 4) is 0 Å². The first-order chi connectivity index (χ1) is 8.08. The Kier molecular flexibility index (Phi) is 5.44. The van der Waals surface area contributed by atoms with Gasteiger partial charge in [0.25, 0.3) is 5.91 Å². The Hall–Kier alpha value is -1.07. The van der Waals surface area contributed by atoms with E-state index in [1.165, 1.54) is 36.0 Å². The van der Waals surface area contributed by atoms with Crippen LogP contribution in [0.15, 0.2) is 24.3 Å². The fraction of sp³-hybridized carbons (Fsp3) is 0.417. The molecule has 0 radical (unpaired) electrons. The summed E-state index contributed by atoms with van der Waals surface area (Å²) in [7, 11) is 0. The van der Waals surface area contributed by atoms with Crippen LogP contribution in [0.2, 0.25) is 0 Å². The number of hydrogen-bond donors (Lipinski definition) is 2. The van der Waals surface area contributed by atoms with Gasteiger partial charge < -0.3 is 10.4 Å². The molecular weight excluding hydrogens is 241 g/mol. The van der Waals surface area contributed by atoms with E-state index in [0.29, 0.717) is 5.56 Å². The SMILES string of the molecule is CSC(CO)C(C)NC(=O)c1ccc(F)cc1. The summed E-state index contributed by atoms with van der Waals surface area (Å²) < 4.78 is 12.7. The summed E-state index contributed by atoms with van der Waals surface area (Å²) in [5.41, 5.74) is 0.413. The third-order valence-electron chi connectivity index (χ3n) is 2.51. The van der Waals surface area contributed by atoms with Crippen LogP contribution < -0.4 is 5.32 Å². The first kappa shape index (κ1) is 14.0. The summed E-state index contributed by atoms with van der Waals surface area (Å²) >= 11 is 1.49. The van der Waals surface area contributed by atoms with Crippen LogP contribution in [0.1, 0.15) is 17.3 Å². The number of carbonyl (C=O) groups excluding carboxylic acids is 1. The van der Waals surface area contributed by atoms with Gasteiger partial charge in [-0.25, -0.2) is 4.39 Å². The predicted molar refractivity (Wildman–Crippen MR) is 67.7 cm³/mol. The monoisotopic (exact) mass is 257 g/mol. The first-order valence-corrected chi connectivity index (χ1v) is 6.57. The third-order valence-corrected chi connectivity index (χ3v) is 3.67. The molecule has 0 saturated heterocycles. The second-order valence-electron chi connectivity index (χ2n) is 3.73. The highest BCUT2D eigenvalue weighted by molar-refractivity contribution is 7.99. The van der Waals surface area contributed by atoms with Crippen molar-refractivity contribution < 1.29 is 14.3 Å². The lowest BCUT2D eigenvalue weighted by Crippen LogP contribution is -2.41. The highest BCUT2D eigenvalue weighted by Crippen LogP contribution is 2.11. The highest BCUT2D eigenvalue weighted by Gasteiger charge is 2.17. The molecule has 2 atom stereocenters. The van der Waals surface area contributed by atoms with Crippen LogP contribution in [0.25, 0.3) is 0 Å². The molecule has 1 amide bonds. The molecule has 3 nitrogen and oxygen atoms in total. The van der Waals surface area contributed by atoms with Gasteiger partial charge in [0.15, 0.2) is 0 Å². The largest absolute Gasteiger partial charge is 0.395 e. The van der Waals surface area contributed by atoms with Gasteiger partial charge in [0.05, 0.1) is 6.61 Å². The van der Waals surface area contributed by atoms with E-state index in [4.69, 9.17) is 5.11 Å². The predicted octanol–water partition coefficient (Wildman–Crippen LogP) is 1.67. The summed E-state index contributed by atoms with van der Waals surface area (Å²) in [5, 5.41) is 11.8. The zero-order valence-corrected chi connectivity index (χ0v) is 10.6. The molecule has 2 N–H and O–H groups in total. The number of carbonyl (C=O) groups is 1. The van der Waals surface area contributed by atoms with Crippen molar-refractivity contribution in [2.75, 3.05) is 12.9 Å². The van der Waals surface area contributed by atoms with Crippen LogP contribution in [0, 0.1) is 5.82 Å². The Balaban J connectivity index is 2.62. The quantitative estimate of drug-likeness (QED) is 0.843. The van der Waals surface area contributed by atoms with E-state index in [-0.39, 0.29) is 29.6 Å². The minimum Gasteiger partial charge on any atom is -0.395 e. The molecule has 1 aromatic carbocycles. The van der Waals surface area contributed by atoms with Gasteiger partial charge in [-0.1, -0.05) is 0 Å². The van der Waals surface area contributed by atoms with Crippen molar-refractivity contribution in [3.63, 3.8) is 0 Å². The minimum absolute atomic E-state index is 0.00598. The molecule has 0 fully saturated rings. The Bertz CT molecular complexity index is 365. The molecule has 1 aromatic rings. The lowest BCUT2D eigenvalue weighted by Gasteiger charge is -2.21. The lowest BCUT2D eigenvalue weighted by atomic mass is 10.1. The van der Waals surface area contributed by atoms with Gasteiger partial charge in [-0.15, -0.1) is 0 Å². The molecule has 0 aliphatic heterocycles. The molecule has 0 bridgehead atoms. The molecule has 94 valence electrons. The van der Waals surface area contributed by atoms with Gasteiger partial charge in [-0.3, -0.25) is 4.79 Å². The Morgan fingerprint density at radius 2 is 2.06 bits per heavy atom. The zero-order chi connectivity index (χ0) is 12.8. The Morgan fingerprint density at radius 1 is 1.47 bits per heavy atom. The number of amides is 1. The maximum absolute atomic E-state index is 12.7. The van der Waals surface area contributed by atoms with Crippen LogP contribution in [0.4, 0.5) is 4.39 Å². The van der Waals surface area contributed by atoms with Gasteiger partial charge >= 0.3 is 0 Å². The van der Waals surface area contributed by atoms with Gasteiger partial charge in [-0.2, -0.15) is 11.8 Å². The summed E-state index contributed by atoms with van der Waals surface area (Å²) in [4.78, 5) is 11.8. The van der Waals surface area contributed by atoms with Crippen molar-refractivity contribution in [3.05, 3.63) is 35.6 Å². The normalized spacial score (nSPS) is 14.1. The van der Waals surface area contributed by atoms with Gasteiger partial charge in [0, 0.05) is 16.9 Å². The third kappa shape index (κ3) is 4.02. The molecule has 0 aliphatic rings. The molecule has 0 saturated carbocycles. The van der Waals surface area contributed by atoms with Crippen LogP contribution in [-0.4, -0.2) is 35.2 Å². The van der Waals surface area contributed by atoms with E-state index < -0.39 is 0 Å². The Labute approximate surface area is 104 Å². The molecule has 5 heteroatoms. The van der Waals surface area contributed by atoms with E-state index in [1.807, 2.05) is 13.2 Å². The Morgan fingerprint density at radius 3 is 2.53 bits per heavy atom. The molecule has 0 heterocycles. The van der Waals surface area contributed by atoms with Crippen LogP contribution >= 0.6 is 11.8 Å². The molecule has 0 aliphatic carbocycles. The minimum atomic E-state index is -0.369. The molecule has 0 aromatic heterocycles. The number of aliphatic hydroxyl groups excluding tert-OH is 1. The number of nitrogens with one attached hydrogen (secondary N) is 1. The fourth-order valence-corrected chi connectivity index (χ4v) is 2.05. The summed E-state index contributed by atoms with van der Waals surface area (Å²) in [6.07, 6.45) is 1.88. The van der Waals surface area contributed by atoms with Gasteiger partial charge in [-0.05, 0) is 37.4 Å². The van der Waals surface area contributed by atoms with Crippen LogP contribution in [0.3, 0.4) is 0 Å². The first-order valence-electron chi connectivity index (χ1n) is 5.28. The van der Waals surface area contributed by atoms with Crippen LogP contribution in [-0.2, 0) is 0 Å². The van der Waals surface area contributed by atoms with Crippen molar-refractivity contribution in [1.82, 2.24) is 5.32 Å². The molecule has 0 spiro atoms. The fourth-order valence-electron chi connectivity index (χ4n) is 1.42.